The maximum atomic E-state index is 9.28. The van der Waals surface area contributed by atoms with Crippen molar-refractivity contribution in [1.29, 1.82) is 0 Å². The lowest BCUT2D eigenvalue weighted by Gasteiger charge is -2.35. The van der Waals surface area contributed by atoms with Gasteiger partial charge in [-0.1, -0.05) is 0 Å². The molecule has 0 rings (SSSR count). The summed E-state index contributed by atoms with van der Waals surface area (Å²) in [7, 11) is -1.80. The minimum Gasteiger partial charge on any atom is -0.726 e. The van der Waals surface area contributed by atoms with Gasteiger partial charge in [-0.3, -0.25) is 8.67 Å². The zero-order valence-electron chi connectivity index (χ0n) is 10.2. The smallest absolute Gasteiger partial charge is 0.217 e. The van der Waals surface area contributed by atoms with Crippen molar-refractivity contribution in [2.75, 3.05) is 40.5 Å². The van der Waals surface area contributed by atoms with Gasteiger partial charge in [0.05, 0.1) is 27.4 Å². The molecule has 0 fully saturated rings. The van der Waals surface area contributed by atoms with E-state index in [4.69, 9.17) is 10.2 Å². The van der Waals surface area contributed by atoms with Gasteiger partial charge in [0.25, 0.3) is 0 Å². The fourth-order valence-corrected chi connectivity index (χ4v) is 0.942. The van der Waals surface area contributed by atoms with Crippen molar-refractivity contribution in [3.8, 4) is 0 Å². The van der Waals surface area contributed by atoms with Crippen molar-refractivity contribution in [2.45, 2.75) is 13.2 Å². The summed E-state index contributed by atoms with van der Waals surface area (Å²) in [5.74, 6) is 0. The van der Waals surface area contributed by atoms with Gasteiger partial charge in [0, 0.05) is 6.92 Å². The van der Waals surface area contributed by atoms with Crippen LogP contribution >= 0.6 is 0 Å². The maximum absolute atomic E-state index is 9.28. The molecule has 0 radical (unpaired) electrons. The lowest BCUT2D eigenvalue weighted by Crippen LogP contribution is -2.54. The zero-order valence-corrected chi connectivity index (χ0v) is 11.1. The largest absolute Gasteiger partial charge is 0.726 e. The van der Waals surface area contributed by atoms with E-state index in [1.54, 1.807) is 14.0 Å². The van der Waals surface area contributed by atoms with Crippen LogP contribution in [-0.2, 0) is 14.6 Å². The third-order valence-electron chi connectivity index (χ3n) is 2.33. The molecule has 17 heavy (non-hydrogen) atoms. The van der Waals surface area contributed by atoms with Crippen LogP contribution in [0.3, 0.4) is 0 Å². The molecule has 106 valence electrons. The van der Waals surface area contributed by atoms with Crippen molar-refractivity contribution < 1.29 is 37.0 Å². The first-order chi connectivity index (χ1) is 7.63. The Hall–Kier alpha value is -0.290. The normalized spacial score (nSPS) is 13.8. The molecule has 0 heterocycles. The Labute approximate surface area is 102 Å². The van der Waals surface area contributed by atoms with E-state index in [9.17, 15) is 18.1 Å². The molecule has 0 saturated heterocycles. The highest BCUT2D eigenvalue weighted by atomic mass is 32.3. The average Bonchev–Trinajstić information content (AvgIpc) is 2.18. The second-order valence-corrected chi connectivity index (χ2v) is 4.73. The number of hydrogen-bond acceptors (Lipinski definition) is 7. The Morgan fingerprint density at radius 3 is 1.71 bits per heavy atom. The Bertz CT molecular complexity index is 272. The van der Waals surface area contributed by atoms with Crippen molar-refractivity contribution in [3.63, 3.8) is 0 Å². The van der Waals surface area contributed by atoms with Crippen molar-refractivity contribution in [3.05, 3.63) is 0 Å². The van der Waals surface area contributed by atoms with Crippen LogP contribution in [0, 0.1) is 0 Å². The summed E-state index contributed by atoms with van der Waals surface area (Å²) in [6, 6.07) is 0. The molecule has 0 aromatic carbocycles. The zero-order chi connectivity index (χ0) is 14.1. The SMILES string of the molecule is CC(O)[N+](C)(CCO)CCO.COS(=O)(=O)[O-]. The summed E-state index contributed by atoms with van der Waals surface area (Å²) >= 11 is 0. The number of rotatable bonds is 6. The predicted octanol–water partition coefficient (Wildman–Crippen LogP) is -2.15. The molecular formula is C8H21NO7S. The molecule has 0 aliphatic carbocycles. The van der Waals surface area contributed by atoms with E-state index in [1.165, 1.54) is 0 Å². The Balaban J connectivity index is 0. The second-order valence-electron chi connectivity index (χ2n) is 3.58. The molecule has 0 saturated carbocycles. The third kappa shape index (κ3) is 10.6. The number of aliphatic hydroxyl groups is 3. The summed E-state index contributed by atoms with van der Waals surface area (Å²) in [5, 5.41) is 26.6. The molecule has 0 aliphatic heterocycles. The van der Waals surface area contributed by atoms with Crippen molar-refractivity contribution >= 4 is 10.4 Å². The number of aliphatic hydroxyl groups excluding tert-OH is 3. The highest BCUT2D eigenvalue weighted by Gasteiger charge is 2.25. The van der Waals surface area contributed by atoms with Crippen LogP contribution in [0.1, 0.15) is 6.92 Å². The van der Waals surface area contributed by atoms with E-state index >= 15 is 0 Å². The molecule has 0 aromatic heterocycles. The van der Waals surface area contributed by atoms with Crippen LogP contribution in [0.4, 0.5) is 0 Å². The van der Waals surface area contributed by atoms with Crippen molar-refractivity contribution in [2.24, 2.45) is 0 Å². The van der Waals surface area contributed by atoms with Gasteiger partial charge in [0.15, 0.2) is 6.23 Å². The summed E-state index contributed by atoms with van der Waals surface area (Å²) in [6.45, 7) is 2.66. The summed E-state index contributed by atoms with van der Waals surface area (Å²) in [5.41, 5.74) is 0. The van der Waals surface area contributed by atoms with Gasteiger partial charge in [0.1, 0.15) is 13.1 Å². The van der Waals surface area contributed by atoms with E-state index < -0.39 is 16.6 Å². The number of nitrogens with zero attached hydrogens (tertiary/aromatic N) is 1. The van der Waals surface area contributed by atoms with Crippen LogP contribution in [0.25, 0.3) is 0 Å². The van der Waals surface area contributed by atoms with E-state index in [-0.39, 0.29) is 13.2 Å². The number of hydrogen-bond donors (Lipinski definition) is 3. The topological polar surface area (TPSA) is 127 Å². The average molecular weight is 275 g/mol. The highest BCUT2D eigenvalue weighted by Crippen LogP contribution is 2.05. The fourth-order valence-electron chi connectivity index (χ4n) is 0.942. The van der Waals surface area contributed by atoms with Gasteiger partial charge >= 0.3 is 0 Å². The number of likely N-dealkylation sites (N-methyl/N-ethyl adjacent to an activating group) is 1. The van der Waals surface area contributed by atoms with E-state index in [0.717, 1.165) is 7.11 Å². The summed E-state index contributed by atoms with van der Waals surface area (Å²) in [6.07, 6.45) is -0.547. The molecule has 1 unspecified atom stereocenters. The van der Waals surface area contributed by atoms with Crippen LogP contribution in [0.2, 0.25) is 0 Å². The van der Waals surface area contributed by atoms with Gasteiger partial charge in [-0.25, -0.2) is 8.42 Å². The molecule has 1 atom stereocenters. The van der Waals surface area contributed by atoms with E-state index in [2.05, 4.69) is 4.18 Å². The first-order valence-corrected chi connectivity index (χ1v) is 6.21. The predicted molar refractivity (Wildman–Crippen MR) is 58.5 cm³/mol. The maximum Gasteiger partial charge on any atom is 0.217 e. The first kappa shape index (κ1) is 19.1. The van der Waals surface area contributed by atoms with E-state index in [0.29, 0.717) is 17.6 Å². The minimum absolute atomic E-state index is 0.0292. The van der Waals surface area contributed by atoms with Gasteiger partial charge in [-0.15, -0.1) is 0 Å². The molecule has 0 aromatic rings. The minimum atomic E-state index is -4.41. The molecule has 0 amide bonds. The quantitative estimate of drug-likeness (QED) is 0.218. The summed E-state index contributed by atoms with van der Waals surface area (Å²) in [4.78, 5) is 0. The fraction of sp³-hybridized carbons (Fsp3) is 1.00. The Kier molecular flexibility index (Phi) is 9.81. The van der Waals surface area contributed by atoms with E-state index in [1.807, 2.05) is 0 Å². The Morgan fingerprint density at radius 1 is 1.29 bits per heavy atom. The lowest BCUT2D eigenvalue weighted by atomic mass is 10.3. The molecule has 8 nitrogen and oxygen atoms in total. The summed E-state index contributed by atoms with van der Waals surface area (Å²) < 4.78 is 31.3. The van der Waals surface area contributed by atoms with Gasteiger partial charge in [-0.05, 0) is 0 Å². The van der Waals surface area contributed by atoms with Crippen LogP contribution in [-0.4, -0.2) is 79.5 Å². The van der Waals surface area contributed by atoms with Gasteiger partial charge in [0.2, 0.25) is 10.4 Å². The molecule has 9 heteroatoms. The molecular weight excluding hydrogens is 254 g/mol. The number of quaternary nitrogens is 1. The van der Waals surface area contributed by atoms with Gasteiger partial charge in [-0.2, -0.15) is 0 Å². The first-order valence-electron chi connectivity index (χ1n) is 4.88. The second kappa shape index (κ2) is 8.75. The molecule has 0 spiro atoms. The monoisotopic (exact) mass is 275 g/mol. The molecule has 3 N–H and O–H groups in total. The van der Waals surface area contributed by atoms with Gasteiger partial charge < -0.3 is 19.9 Å². The highest BCUT2D eigenvalue weighted by molar-refractivity contribution is 7.80. The van der Waals surface area contributed by atoms with Crippen LogP contribution in [0.5, 0.6) is 0 Å². The lowest BCUT2D eigenvalue weighted by molar-refractivity contribution is -0.952. The third-order valence-corrected chi connectivity index (χ3v) is 2.74. The van der Waals surface area contributed by atoms with Crippen LogP contribution in [0.15, 0.2) is 0 Å². The van der Waals surface area contributed by atoms with Crippen LogP contribution < -0.4 is 0 Å². The molecule has 0 bridgehead atoms. The standard InChI is InChI=1S/C7H18NO3.CH4O4S/c1-7(11)8(2,3-5-9)4-6-10;1-5-6(2,3)4/h7,9-11H,3-6H2,1-2H3;1H3,(H,2,3,4)/q+1;/p-1. The van der Waals surface area contributed by atoms with Crippen molar-refractivity contribution in [1.82, 2.24) is 0 Å². The molecule has 0 aliphatic rings. The Morgan fingerprint density at radius 2 is 1.59 bits per heavy atom.